The molecule has 1 unspecified atom stereocenters. The van der Waals surface area contributed by atoms with Gasteiger partial charge in [-0.3, -0.25) is 9.59 Å². The number of rotatable bonds is 2. The number of likely N-dealkylation sites (N-methyl/N-ethyl adjacent to an activating group) is 1. The van der Waals surface area contributed by atoms with Crippen LogP contribution in [-0.2, 0) is 0 Å². The smallest absolute Gasteiger partial charge is 0.248 e. The minimum absolute atomic E-state index is 0.284. The lowest BCUT2D eigenvalue weighted by Crippen LogP contribution is -2.47. The Morgan fingerprint density at radius 1 is 1.25 bits per heavy atom. The van der Waals surface area contributed by atoms with Gasteiger partial charge in [0.05, 0.1) is 0 Å². The molecule has 1 atom stereocenters. The van der Waals surface area contributed by atoms with E-state index in [1.54, 1.807) is 6.07 Å². The van der Waals surface area contributed by atoms with Crippen molar-refractivity contribution in [2.24, 2.45) is 11.5 Å². The molecule has 0 bridgehead atoms. The number of primary amides is 2. The number of amides is 2. The van der Waals surface area contributed by atoms with Crippen molar-refractivity contribution in [2.75, 3.05) is 26.7 Å². The number of carbonyl (C=O) groups excluding carboxylic acids is 2. The SMILES string of the molecule is CC1CNCCN1C.NC(=O)c1cccc(C(N)=O)c1. The highest BCUT2D eigenvalue weighted by Crippen LogP contribution is 2.03. The van der Waals surface area contributed by atoms with Gasteiger partial charge in [-0.1, -0.05) is 6.07 Å². The summed E-state index contributed by atoms with van der Waals surface area (Å²) in [5, 5.41) is 3.32. The second kappa shape index (κ2) is 7.62. The molecule has 0 saturated carbocycles. The number of nitrogens with zero attached hydrogens (tertiary/aromatic N) is 1. The largest absolute Gasteiger partial charge is 0.366 e. The zero-order valence-corrected chi connectivity index (χ0v) is 11.9. The monoisotopic (exact) mass is 278 g/mol. The molecule has 1 fully saturated rings. The minimum atomic E-state index is -0.571. The van der Waals surface area contributed by atoms with Crippen molar-refractivity contribution < 1.29 is 9.59 Å². The van der Waals surface area contributed by atoms with Gasteiger partial charge in [-0.15, -0.1) is 0 Å². The number of piperazine rings is 1. The zero-order valence-electron chi connectivity index (χ0n) is 11.9. The van der Waals surface area contributed by atoms with Gasteiger partial charge in [-0.25, -0.2) is 0 Å². The fourth-order valence-corrected chi connectivity index (χ4v) is 1.77. The van der Waals surface area contributed by atoms with E-state index in [1.807, 2.05) is 0 Å². The van der Waals surface area contributed by atoms with Crippen LogP contribution in [0.5, 0.6) is 0 Å². The summed E-state index contributed by atoms with van der Waals surface area (Å²) in [4.78, 5) is 23.7. The van der Waals surface area contributed by atoms with Gasteiger partial charge in [0.2, 0.25) is 11.8 Å². The quantitative estimate of drug-likeness (QED) is 0.697. The Labute approximate surface area is 119 Å². The van der Waals surface area contributed by atoms with Gasteiger partial charge < -0.3 is 21.7 Å². The van der Waals surface area contributed by atoms with Crippen molar-refractivity contribution in [3.8, 4) is 0 Å². The summed E-state index contributed by atoms with van der Waals surface area (Å²) in [6.45, 7) is 5.74. The summed E-state index contributed by atoms with van der Waals surface area (Å²) in [5.74, 6) is -1.14. The van der Waals surface area contributed by atoms with Crippen molar-refractivity contribution in [3.63, 3.8) is 0 Å². The molecule has 6 nitrogen and oxygen atoms in total. The van der Waals surface area contributed by atoms with Gasteiger partial charge in [-0.2, -0.15) is 0 Å². The molecule has 0 radical (unpaired) electrons. The summed E-state index contributed by atoms with van der Waals surface area (Å²) in [6, 6.07) is 6.69. The van der Waals surface area contributed by atoms with Crippen LogP contribution in [0, 0.1) is 0 Å². The van der Waals surface area contributed by atoms with Crippen LogP contribution in [0.4, 0.5) is 0 Å². The van der Waals surface area contributed by atoms with Crippen molar-refractivity contribution >= 4 is 11.8 Å². The van der Waals surface area contributed by atoms with Crippen molar-refractivity contribution in [2.45, 2.75) is 13.0 Å². The molecule has 1 aliphatic rings. The molecule has 1 aromatic rings. The first-order valence-electron chi connectivity index (χ1n) is 6.52. The molecule has 1 aromatic carbocycles. The number of nitrogens with two attached hydrogens (primary N) is 2. The highest BCUT2D eigenvalue weighted by atomic mass is 16.1. The molecule has 1 heterocycles. The molecule has 0 aromatic heterocycles. The lowest BCUT2D eigenvalue weighted by Gasteiger charge is -2.29. The lowest BCUT2D eigenvalue weighted by atomic mass is 10.1. The Bertz CT molecular complexity index is 437. The summed E-state index contributed by atoms with van der Waals surface area (Å²) in [6.07, 6.45) is 0. The summed E-state index contributed by atoms with van der Waals surface area (Å²) in [5.41, 5.74) is 10.6. The van der Waals surface area contributed by atoms with Crippen LogP contribution >= 0.6 is 0 Å². The molecule has 0 spiro atoms. The van der Waals surface area contributed by atoms with E-state index in [0.717, 1.165) is 19.1 Å². The van der Waals surface area contributed by atoms with E-state index in [9.17, 15) is 9.59 Å². The third-order valence-corrected chi connectivity index (χ3v) is 3.27. The second-order valence-electron chi connectivity index (χ2n) is 4.84. The van der Waals surface area contributed by atoms with Crippen molar-refractivity contribution in [3.05, 3.63) is 35.4 Å². The fraction of sp³-hybridized carbons (Fsp3) is 0.429. The Morgan fingerprint density at radius 3 is 2.15 bits per heavy atom. The second-order valence-corrected chi connectivity index (χ2v) is 4.84. The third-order valence-electron chi connectivity index (χ3n) is 3.27. The van der Waals surface area contributed by atoms with E-state index in [4.69, 9.17) is 11.5 Å². The molecule has 2 amide bonds. The summed E-state index contributed by atoms with van der Waals surface area (Å²) < 4.78 is 0. The van der Waals surface area contributed by atoms with E-state index < -0.39 is 11.8 Å². The minimum Gasteiger partial charge on any atom is -0.366 e. The topological polar surface area (TPSA) is 101 Å². The maximum Gasteiger partial charge on any atom is 0.248 e. The van der Waals surface area contributed by atoms with E-state index in [-0.39, 0.29) is 11.1 Å². The molecule has 5 N–H and O–H groups in total. The molecular formula is C14H22N4O2. The van der Waals surface area contributed by atoms with E-state index in [2.05, 4.69) is 24.2 Å². The standard InChI is InChI=1S/C8H8N2O2.C6H14N2/c9-7(11)5-2-1-3-6(4-5)8(10)12;1-6-5-7-3-4-8(6)2/h1-4H,(H2,9,11)(H2,10,12);6-7H,3-5H2,1-2H3. The van der Waals surface area contributed by atoms with Crippen LogP contribution in [0.25, 0.3) is 0 Å². The third kappa shape index (κ3) is 4.99. The Kier molecular flexibility index (Phi) is 6.14. The average molecular weight is 278 g/mol. The number of hydrogen-bond acceptors (Lipinski definition) is 4. The molecule has 0 aliphatic carbocycles. The molecule has 20 heavy (non-hydrogen) atoms. The molecule has 1 saturated heterocycles. The van der Waals surface area contributed by atoms with E-state index in [0.29, 0.717) is 0 Å². The average Bonchev–Trinajstić information content (AvgIpc) is 2.43. The first-order chi connectivity index (χ1) is 9.41. The van der Waals surface area contributed by atoms with Gasteiger partial charge in [0.25, 0.3) is 0 Å². The molecular weight excluding hydrogens is 256 g/mol. The Balaban J connectivity index is 0.000000217. The first-order valence-corrected chi connectivity index (χ1v) is 6.52. The van der Waals surface area contributed by atoms with E-state index >= 15 is 0 Å². The number of nitrogens with one attached hydrogen (secondary N) is 1. The number of carbonyl (C=O) groups is 2. The lowest BCUT2D eigenvalue weighted by molar-refractivity contribution is 0.0999. The highest BCUT2D eigenvalue weighted by molar-refractivity contribution is 5.98. The van der Waals surface area contributed by atoms with Gasteiger partial charge in [0.1, 0.15) is 0 Å². The van der Waals surface area contributed by atoms with Crippen LogP contribution in [0.2, 0.25) is 0 Å². The fourth-order valence-electron chi connectivity index (χ4n) is 1.77. The van der Waals surface area contributed by atoms with Crippen molar-refractivity contribution in [1.29, 1.82) is 0 Å². The Hall–Kier alpha value is -1.92. The summed E-state index contributed by atoms with van der Waals surface area (Å²) in [7, 11) is 2.17. The molecule has 1 aliphatic heterocycles. The first kappa shape index (κ1) is 16.1. The maximum atomic E-state index is 10.6. The van der Waals surface area contributed by atoms with Crippen LogP contribution in [0.1, 0.15) is 27.6 Å². The van der Waals surface area contributed by atoms with Crippen molar-refractivity contribution in [1.82, 2.24) is 10.2 Å². The Morgan fingerprint density at radius 2 is 1.80 bits per heavy atom. The highest BCUT2D eigenvalue weighted by Gasteiger charge is 2.11. The van der Waals surface area contributed by atoms with Crippen LogP contribution in [-0.4, -0.2) is 49.4 Å². The van der Waals surface area contributed by atoms with Gasteiger partial charge >= 0.3 is 0 Å². The van der Waals surface area contributed by atoms with Gasteiger partial charge in [0.15, 0.2) is 0 Å². The molecule has 2 rings (SSSR count). The normalized spacial score (nSPS) is 18.8. The van der Waals surface area contributed by atoms with Gasteiger partial charge in [0, 0.05) is 36.8 Å². The zero-order chi connectivity index (χ0) is 15.1. The molecule has 6 heteroatoms. The van der Waals surface area contributed by atoms with E-state index in [1.165, 1.54) is 24.7 Å². The van der Waals surface area contributed by atoms with Crippen LogP contribution in [0.15, 0.2) is 24.3 Å². The molecule has 110 valence electrons. The predicted octanol–water partition coefficient (Wildman–Crippen LogP) is -0.206. The van der Waals surface area contributed by atoms with Crippen LogP contribution < -0.4 is 16.8 Å². The van der Waals surface area contributed by atoms with Crippen LogP contribution in [0.3, 0.4) is 0 Å². The van der Waals surface area contributed by atoms with Gasteiger partial charge in [-0.05, 0) is 32.2 Å². The summed E-state index contributed by atoms with van der Waals surface area (Å²) >= 11 is 0. The predicted molar refractivity (Wildman–Crippen MR) is 78.4 cm³/mol. The number of benzene rings is 1. The maximum absolute atomic E-state index is 10.6. The number of hydrogen-bond donors (Lipinski definition) is 3.